The number of hydrogen-bond acceptors (Lipinski definition) is 3. The van der Waals surface area contributed by atoms with Crippen LogP contribution in [0.5, 0.6) is 0 Å². The minimum Gasteiger partial charge on any atom is -0.294 e. The third kappa shape index (κ3) is 2.78. The number of aryl methyl sites for hydroxylation is 1. The van der Waals surface area contributed by atoms with Gasteiger partial charge in [0.15, 0.2) is 10.9 Å². The third-order valence-corrected chi connectivity index (χ3v) is 3.80. The highest BCUT2D eigenvalue weighted by atomic mass is 35.5. The molecule has 0 unspecified atom stereocenters. The standard InChI is InChI=1S/C17H13ClN2O2/c1-10-3-2-4-11(7-10)8-15(21)12-5-6-13-14(9-12)16(18)19-20-17(13)22/h2-7,9H,8H2,1H3,(H,20,22). The highest BCUT2D eigenvalue weighted by molar-refractivity contribution is 6.34. The summed E-state index contributed by atoms with van der Waals surface area (Å²) in [5.74, 6) is -0.0242. The molecule has 3 aromatic rings. The van der Waals surface area contributed by atoms with Crippen LogP contribution in [-0.2, 0) is 6.42 Å². The highest BCUT2D eigenvalue weighted by Crippen LogP contribution is 2.20. The number of halogens is 1. The van der Waals surface area contributed by atoms with Gasteiger partial charge >= 0.3 is 0 Å². The van der Waals surface area contributed by atoms with Crippen molar-refractivity contribution in [1.82, 2.24) is 10.2 Å². The summed E-state index contributed by atoms with van der Waals surface area (Å²) in [6.07, 6.45) is 0.307. The van der Waals surface area contributed by atoms with Crippen molar-refractivity contribution >= 4 is 28.2 Å². The lowest BCUT2D eigenvalue weighted by atomic mass is 10.00. The maximum Gasteiger partial charge on any atom is 0.272 e. The average molecular weight is 313 g/mol. The normalized spacial score (nSPS) is 10.8. The van der Waals surface area contributed by atoms with Crippen LogP contribution in [0.4, 0.5) is 0 Å². The van der Waals surface area contributed by atoms with Crippen molar-refractivity contribution in [3.05, 3.63) is 74.7 Å². The molecule has 0 saturated carbocycles. The van der Waals surface area contributed by atoms with Gasteiger partial charge < -0.3 is 0 Å². The second-order valence-corrected chi connectivity index (χ2v) is 5.55. The Balaban J connectivity index is 1.98. The molecule has 1 N–H and O–H groups in total. The Bertz CT molecular complexity index is 931. The summed E-state index contributed by atoms with van der Waals surface area (Å²) in [5.41, 5.74) is 2.27. The number of fused-ring (bicyclic) bond motifs is 1. The van der Waals surface area contributed by atoms with Gasteiger partial charge in [-0.05, 0) is 24.6 Å². The van der Waals surface area contributed by atoms with E-state index in [0.29, 0.717) is 22.8 Å². The molecule has 0 aliphatic rings. The Hall–Kier alpha value is -2.46. The van der Waals surface area contributed by atoms with Gasteiger partial charge in [-0.3, -0.25) is 9.59 Å². The number of aromatic nitrogens is 2. The van der Waals surface area contributed by atoms with E-state index >= 15 is 0 Å². The minimum absolute atomic E-state index is 0.0242. The molecule has 0 spiro atoms. The number of carbonyl (C=O) groups excluding carboxylic acids is 1. The molecule has 22 heavy (non-hydrogen) atoms. The number of nitrogens with zero attached hydrogens (tertiary/aromatic N) is 1. The molecule has 0 aliphatic carbocycles. The highest BCUT2D eigenvalue weighted by Gasteiger charge is 2.11. The molecule has 1 aromatic heterocycles. The third-order valence-electron chi connectivity index (χ3n) is 3.51. The molecule has 0 fully saturated rings. The molecule has 0 aliphatic heterocycles. The van der Waals surface area contributed by atoms with E-state index in [1.165, 1.54) is 0 Å². The van der Waals surface area contributed by atoms with Crippen LogP contribution >= 0.6 is 11.6 Å². The first-order chi connectivity index (χ1) is 10.5. The van der Waals surface area contributed by atoms with Crippen molar-refractivity contribution in [3.8, 4) is 0 Å². The lowest BCUT2D eigenvalue weighted by molar-refractivity contribution is 0.0993. The Morgan fingerprint density at radius 2 is 2.00 bits per heavy atom. The minimum atomic E-state index is -0.322. The van der Waals surface area contributed by atoms with Crippen LogP contribution in [0.2, 0.25) is 5.15 Å². The molecular weight excluding hydrogens is 300 g/mol. The number of aromatic amines is 1. The van der Waals surface area contributed by atoms with Gasteiger partial charge in [0.2, 0.25) is 0 Å². The predicted octanol–water partition coefficient (Wildman–Crippen LogP) is 3.31. The van der Waals surface area contributed by atoms with Crippen molar-refractivity contribution in [2.75, 3.05) is 0 Å². The smallest absolute Gasteiger partial charge is 0.272 e. The summed E-state index contributed by atoms with van der Waals surface area (Å²) in [7, 11) is 0. The molecule has 0 saturated heterocycles. The molecular formula is C17H13ClN2O2. The van der Waals surface area contributed by atoms with Crippen molar-refractivity contribution in [2.24, 2.45) is 0 Å². The number of hydrogen-bond donors (Lipinski definition) is 1. The van der Waals surface area contributed by atoms with E-state index in [4.69, 9.17) is 11.6 Å². The fourth-order valence-corrected chi connectivity index (χ4v) is 2.61. The van der Waals surface area contributed by atoms with Gasteiger partial charge in [-0.15, -0.1) is 0 Å². The summed E-state index contributed by atoms with van der Waals surface area (Å²) in [6.45, 7) is 1.99. The Kier molecular flexibility index (Phi) is 3.77. The molecule has 3 rings (SSSR count). The lowest BCUT2D eigenvalue weighted by Gasteiger charge is -2.05. The van der Waals surface area contributed by atoms with Crippen molar-refractivity contribution in [2.45, 2.75) is 13.3 Å². The summed E-state index contributed by atoms with van der Waals surface area (Å²) in [5, 5.41) is 7.12. The van der Waals surface area contributed by atoms with Crippen LogP contribution < -0.4 is 5.56 Å². The van der Waals surface area contributed by atoms with Gasteiger partial charge in [-0.1, -0.05) is 47.5 Å². The zero-order valence-corrected chi connectivity index (χ0v) is 12.6. The van der Waals surface area contributed by atoms with Crippen molar-refractivity contribution < 1.29 is 4.79 Å². The molecule has 0 amide bonds. The number of nitrogens with one attached hydrogen (secondary N) is 1. The second kappa shape index (κ2) is 5.73. The maximum absolute atomic E-state index is 12.4. The number of ketones is 1. The molecule has 0 bridgehead atoms. The van der Waals surface area contributed by atoms with Gasteiger partial charge in [0.05, 0.1) is 5.39 Å². The van der Waals surface area contributed by atoms with E-state index in [2.05, 4.69) is 10.2 Å². The molecule has 1 heterocycles. The van der Waals surface area contributed by atoms with E-state index < -0.39 is 0 Å². The molecule has 4 nitrogen and oxygen atoms in total. The van der Waals surface area contributed by atoms with Gasteiger partial charge in [0.1, 0.15) is 0 Å². The van der Waals surface area contributed by atoms with Gasteiger partial charge in [0.25, 0.3) is 5.56 Å². The average Bonchev–Trinajstić information content (AvgIpc) is 2.51. The van der Waals surface area contributed by atoms with Crippen molar-refractivity contribution in [1.29, 1.82) is 0 Å². The lowest BCUT2D eigenvalue weighted by Crippen LogP contribution is -2.10. The van der Waals surface area contributed by atoms with Gasteiger partial charge in [0, 0.05) is 17.4 Å². The SMILES string of the molecule is Cc1cccc(CC(=O)c2ccc3c(=O)[nH]nc(Cl)c3c2)c1. The second-order valence-electron chi connectivity index (χ2n) is 5.19. The zero-order valence-electron chi connectivity index (χ0n) is 11.9. The Labute approximate surface area is 131 Å². The van der Waals surface area contributed by atoms with Crippen LogP contribution in [0.15, 0.2) is 47.3 Å². The van der Waals surface area contributed by atoms with Gasteiger partial charge in [-0.25, -0.2) is 5.10 Å². The summed E-state index contributed by atoms with van der Waals surface area (Å²) in [4.78, 5) is 24.1. The van der Waals surface area contributed by atoms with Crippen LogP contribution in [0.1, 0.15) is 21.5 Å². The van der Waals surface area contributed by atoms with E-state index in [-0.39, 0.29) is 16.5 Å². The largest absolute Gasteiger partial charge is 0.294 e. The Morgan fingerprint density at radius 3 is 2.77 bits per heavy atom. The molecule has 2 aromatic carbocycles. The summed E-state index contributed by atoms with van der Waals surface area (Å²) in [6, 6.07) is 12.7. The topological polar surface area (TPSA) is 62.8 Å². The first kappa shape index (κ1) is 14.5. The van der Waals surface area contributed by atoms with Crippen LogP contribution in [-0.4, -0.2) is 16.0 Å². The quantitative estimate of drug-likeness (QED) is 0.755. The van der Waals surface area contributed by atoms with E-state index in [0.717, 1.165) is 11.1 Å². The number of Topliss-reactive ketones (excluding diaryl/α,β-unsaturated/α-hetero) is 1. The first-order valence-electron chi connectivity index (χ1n) is 6.81. The van der Waals surface area contributed by atoms with E-state index in [9.17, 15) is 9.59 Å². The van der Waals surface area contributed by atoms with E-state index in [1.54, 1.807) is 18.2 Å². The number of carbonyl (C=O) groups is 1. The predicted molar refractivity (Wildman–Crippen MR) is 86.6 cm³/mol. The van der Waals surface area contributed by atoms with Crippen LogP contribution in [0.25, 0.3) is 10.8 Å². The van der Waals surface area contributed by atoms with Gasteiger partial charge in [-0.2, -0.15) is 5.10 Å². The summed E-state index contributed by atoms with van der Waals surface area (Å²) >= 11 is 5.99. The molecule has 0 atom stereocenters. The summed E-state index contributed by atoms with van der Waals surface area (Å²) < 4.78 is 0. The zero-order chi connectivity index (χ0) is 15.7. The fourth-order valence-electron chi connectivity index (χ4n) is 2.42. The van der Waals surface area contributed by atoms with Crippen molar-refractivity contribution in [3.63, 3.8) is 0 Å². The monoisotopic (exact) mass is 312 g/mol. The first-order valence-corrected chi connectivity index (χ1v) is 7.19. The van der Waals surface area contributed by atoms with Crippen LogP contribution in [0, 0.1) is 6.92 Å². The number of H-pyrrole nitrogens is 1. The molecule has 5 heteroatoms. The Morgan fingerprint density at radius 1 is 1.18 bits per heavy atom. The van der Waals surface area contributed by atoms with E-state index in [1.807, 2.05) is 31.2 Å². The van der Waals surface area contributed by atoms with Crippen LogP contribution in [0.3, 0.4) is 0 Å². The molecule has 110 valence electrons. The fraction of sp³-hybridized carbons (Fsp3) is 0.118. The maximum atomic E-state index is 12.4. The number of rotatable bonds is 3. The number of benzene rings is 2. The molecule has 0 radical (unpaired) electrons.